The van der Waals surface area contributed by atoms with Gasteiger partial charge in [-0.15, -0.1) is 0 Å². The summed E-state index contributed by atoms with van der Waals surface area (Å²) in [6.07, 6.45) is 1.32. The molecule has 0 bridgehead atoms. The van der Waals surface area contributed by atoms with E-state index in [1.165, 1.54) is 18.3 Å². The summed E-state index contributed by atoms with van der Waals surface area (Å²) in [5.41, 5.74) is 0.317. The van der Waals surface area contributed by atoms with E-state index in [4.69, 9.17) is 16.7 Å². The SMILES string of the molecule is O=C(OCCO)c1ccc(Cl)nc1. The second-order valence-corrected chi connectivity index (χ2v) is 2.62. The average Bonchev–Trinajstić information content (AvgIpc) is 2.15. The first kappa shape index (κ1) is 9.95. The Morgan fingerprint density at radius 2 is 2.38 bits per heavy atom. The lowest BCUT2D eigenvalue weighted by atomic mass is 10.3. The van der Waals surface area contributed by atoms with Crippen molar-refractivity contribution >= 4 is 17.6 Å². The lowest BCUT2D eigenvalue weighted by molar-refractivity contribution is 0.0433. The number of aliphatic hydroxyl groups excluding tert-OH is 1. The van der Waals surface area contributed by atoms with E-state index in [9.17, 15) is 4.79 Å². The Labute approximate surface area is 80.1 Å². The molecule has 0 aliphatic carbocycles. The molecule has 5 heteroatoms. The summed E-state index contributed by atoms with van der Waals surface area (Å²) in [6, 6.07) is 3.01. The molecule has 1 rings (SSSR count). The molecule has 1 aromatic rings. The molecule has 0 saturated heterocycles. The molecule has 0 fully saturated rings. The number of carbonyl (C=O) groups is 1. The minimum Gasteiger partial charge on any atom is -0.460 e. The van der Waals surface area contributed by atoms with Crippen LogP contribution >= 0.6 is 11.6 Å². The van der Waals surface area contributed by atoms with Crippen molar-refractivity contribution in [3.05, 3.63) is 29.0 Å². The van der Waals surface area contributed by atoms with Crippen molar-refractivity contribution in [2.24, 2.45) is 0 Å². The topological polar surface area (TPSA) is 59.4 Å². The fourth-order valence-corrected chi connectivity index (χ4v) is 0.830. The van der Waals surface area contributed by atoms with E-state index >= 15 is 0 Å². The van der Waals surface area contributed by atoms with Crippen LogP contribution in [0.2, 0.25) is 5.15 Å². The molecule has 0 amide bonds. The average molecular weight is 202 g/mol. The number of carbonyl (C=O) groups excluding carboxylic acids is 1. The van der Waals surface area contributed by atoms with Gasteiger partial charge in [0.05, 0.1) is 12.2 Å². The van der Waals surface area contributed by atoms with Gasteiger partial charge < -0.3 is 9.84 Å². The minimum atomic E-state index is -0.516. The molecule has 0 aliphatic heterocycles. The van der Waals surface area contributed by atoms with Gasteiger partial charge in [-0.1, -0.05) is 11.6 Å². The number of rotatable bonds is 3. The second kappa shape index (κ2) is 4.79. The third-order valence-electron chi connectivity index (χ3n) is 1.29. The van der Waals surface area contributed by atoms with Gasteiger partial charge in [0, 0.05) is 6.20 Å². The molecule has 0 atom stereocenters. The Morgan fingerprint density at radius 3 is 2.92 bits per heavy atom. The summed E-state index contributed by atoms with van der Waals surface area (Å²) >= 11 is 5.52. The molecule has 0 spiro atoms. The molecule has 13 heavy (non-hydrogen) atoms. The number of nitrogens with zero attached hydrogens (tertiary/aromatic N) is 1. The van der Waals surface area contributed by atoms with Crippen LogP contribution in [0.1, 0.15) is 10.4 Å². The molecule has 1 N–H and O–H groups in total. The van der Waals surface area contributed by atoms with Crippen LogP contribution in [-0.2, 0) is 4.74 Å². The van der Waals surface area contributed by atoms with E-state index in [0.29, 0.717) is 10.7 Å². The number of esters is 1. The van der Waals surface area contributed by atoms with Crippen LogP contribution in [0.4, 0.5) is 0 Å². The monoisotopic (exact) mass is 201 g/mol. The summed E-state index contributed by atoms with van der Waals surface area (Å²) in [4.78, 5) is 14.8. The standard InChI is InChI=1S/C8H8ClNO3/c9-7-2-1-6(5-10-7)8(12)13-4-3-11/h1-2,5,11H,3-4H2. The Bertz CT molecular complexity index is 286. The van der Waals surface area contributed by atoms with Crippen LogP contribution in [-0.4, -0.2) is 29.3 Å². The van der Waals surface area contributed by atoms with Gasteiger partial charge in [-0.05, 0) is 12.1 Å². The molecule has 4 nitrogen and oxygen atoms in total. The molecule has 70 valence electrons. The van der Waals surface area contributed by atoms with Gasteiger partial charge in [0.25, 0.3) is 0 Å². The highest BCUT2D eigenvalue weighted by atomic mass is 35.5. The maximum Gasteiger partial charge on any atom is 0.339 e. The van der Waals surface area contributed by atoms with Gasteiger partial charge in [-0.25, -0.2) is 9.78 Å². The molecule has 0 radical (unpaired) electrons. The number of halogens is 1. The Balaban J connectivity index is 2.61. The van der Waals surface area contributed by atoms with Crippen LogP contribution in [0.15, 0.2) is 18.3 Å². The zero-order valence-electron chi connectivity index (χ0n) is 6.74. The molecule has 1 aromatic heterocycles. The third-order valence-corrected chi connectivity index (χ3v) is 1.51. The summed E-state index contributed by atoms with van der Waals surface area (Å²) < 4.78 is 4.65. The zero-order chi connectivity index (χ0) is 9.68. The van der Waals surface area contributed by atoms with Gasteiger partial charge in [-0.2, -0.15) is 0 Å². The predicted molar refractivity (Wildman–Crippen MR) is 46.6 cm³/mol. The van der Waals surface area contributed by atoms with Crippen LogP contribution in [0.25, 0.3) is 0 Å². The highest BCUT2D eigenvalue weighted by molar-refractivity contribution is 6.29. The highest BCUT2D eigenvalue weighted by Gasteiger charge is 2.06. The molecule has 0 aliphatic rings. The number of hydrogen-bond acceptors (Lipinski definition) is 4. The third kappa shape index (κ3) is 3.01. The van der Waals surface area contributed by atoms with E-state index < -0.39 is 5.97 Å². The fourth-order valence-electron chi connectivity index (χ4n) is 0.718. The summed E-state index contributed by atoms with van der Waals surface area (Å²) in [5.74, 6) is -0.516. The van der Waals surface area contributed by atoms with Crippen molar-refractivity contribution in [2.45, 2.75) is 0 Å². The maximum atomic E-state index is 11.1. The van der Waals surface area contributed by atoms with E-state index in [1.807, 2.05) is 0 Å². The molecule has 0 saturated carbocycles. The van der Waals surface area contributed by atoms with E-state index in [0.717, 1.165) is 0 Å². The normalized spacial score (nSPS) is 9.69. The van der Waals surface area contributed by atoms with Gasteiger partial charge in [0.1, 0.15) is 11.8 Å². The number of ether oxygens (including phenoxy) is 1. The Kier molecular flexibility index (Phi) is 3.67. The quantitative estimate of drug-likeness (QED) is 0.583. The first-order valence-electron chi connectivity index (χ1n) is 3.63. The first-order valence-corrected chi connectivity index (χ1v) is 4.01. The number of aromatic nitrogens is 1. The van der Waals surface area contributed by atoms with Gasteiger partial charge in [0.15, 0.2) is 0 Å². The second-order valence-electron chi connectivity index (χ2n) is 2.23. The van der Waals surface area contributed by atoms with Crippen molar-refractivity contribution in [2.75, 3.05) is 13.2 Å². The molecule has 0 unspecified atom stereocenters. The van der Waals surface area contributed by atoms with Crippen LogP contribution in [0.3, 0.4) is 0 Å². The van der Waals surface area contributed by atoms with Crippen molar-refractivity contribution in [1.29, 1.82) is 0 Å². The smallest absolute Gasteiger partial charge is 0.339 e. The largest absolute Gasteiger partial charge is 0.460 e. The predicted octanol–water partition coefficient (Wildman–Crippen LogP) is 0.884. The number of hydrogen-bond donors (Lipinski definition) is 1. The molecular formula is C8H8ClNO3. The van der Waals surface area contributed by atoms with Crippen LogP contribution < -0.4 is 0 Å². The Hall–Kier alpha value is -1.13. The first-order chi connectivity index (χ1) is 6.24. The molecular weight excluding hydrogens is 194 g/mol. The lowest BCUT2D eigenvalue weighted by Gasteiger charge is -2.01. The van der Waals surface area contributed by atoms with Crippen LogP contribution in [0, 0.1) is 0 Å². The van der Waals surface area contributed by atoms with Crippen molar-refractivity contribution < 1.29 is 14.6 Å². The van der Waals surface area contributed by atoms with Crippen LogP contribution in [0.5, 0.6) is 0 Å². The zero-order valence-corrected chi connectivity index (χ0v) is 7.49. The number of aliphatic hydroxyl groups is 1. The van der Waals surface area contributed by atoms with Crippen molar-refractivity contribution in [3.63, 3.8) is 0 Å². The van der Waals surface area contributed by atoms with Gasteiger partial charge in [-0.3, -0.25) is 0 Å². The van der Waals surface area contributed by atoms with E-state index in [-0.39, 0.29) is 13.2 Å². The molecule has 0 aromatic carbocycles. The summed E-state index contributed by atoms with van der Waals surface area (Å²) in [5, 5.41) is 8.71. The van der Waals surface area contributed by atoms with Crippen molar-refractivity contribution in [3.8, 4) is 0 Å². The highest BCUT2D eigenvalue weighted by Crippen LogP contribution is 2.06. The lowest BCUT2D eigenvalue weighted by Crippen LogP contribution is -2.08. The van der Waals surface area contributed by atoms with E-state index in [1.54, 1.807) is 0 Å². The maximum absolute atomic E-state index is 11.1. The summed E-state index contributed by atoms with van der Waals surface area (Å²) in [7, 11) is 0. The Morgan fingerprint density at radius 1 is 1.62 bits per heavy atom. The van der Waals surface area contributed by atoms with E-state index in [2.05, 4.69) is 9.72 Å². The number of pyridine rings is 1. The molecule has 1 heterocycles. The van der Waals surface area contributed by atoms with Gasteiger partial charge >= 0.3 is 5.97 Å². The fraction of sp³-hybridized carbons (Fsp3) is 0.250. The van der Waals surface area contributed by atoms with Crippen molar-refractivity contribution in [1.82, 2.24) is 4.98 Å². The summed E-state index contributed by atoms with van der Waals surface area (Å²) in [6.45, 7) is -0.200. The minimum absolute atomic E-state index is 0.0124. The van der Waals surface area contributed by atoms with Gasteiger partial charge in [0.2, 0.25) is 0 Å².